The molecule has 3 rings (SSSR count). The summed E-state index contributed by atoms with van der Waals surface area (Å²) in [6.45, 7) is 4.92. The average molecular weight is 402 g/mol. The molecule has 2 amide bonds. The van der Waals surface area contributed by atoms with Crippen molar-refractivity contribution in [3.63, 3.8) is 0 Å². The van der Waals surface area contributed by atoms with Crippen molar-refractivity contribution in [2.24, 2.45) is 5.92 Å². The SMILES string of the molecule is CC(C)CC(C(=O)NC1CCCCC1)N1CCNc2ccc([N+](=O)[O-])cc2C1=O. The standard InChI is InChI=1S/C21H30N4O4/c1-14(2)12-19(20(26)23-15-6-4-3-5-7-15)24-11-10-22-18-9-8-16(25(28)29)13-17(18)21(24)27/h8-9,13-15,19,22H,3-7,10-12H2,1-2H3,(H,23,26). The van der Waals surface area contributed by atoms with Crippen LogP contribution in [0.1, 0.15) is 62.7 Å². The van der Waals surface area contributed by atoms with Gasteiger partial charge in [-0.05, 0) is 31.2 Å². The second kappa shape index (κ2) is 9.24. The van der Waals surface area contributed by atoms with E-state index in [1.165, 1.54) is 18.6 Å². The summed E-state index contributed by atoms with van der Waals surface area (Å²) >= 11 is 0. The molecule has 158 valence electrons. The fourth-order valence-corrected chi connectivity index (χ4v) is 4.21. The fourth-order valence-electron chi connectivity index (χ4n) is 4.21. The van der Waals surface area contributed by atoms with Gasteiger partial charge in [-0.25, -0.2) is 0 Å². The fraction of sp³-hybridized carbons (Fsp3) is 0.619. The van der Waals surface area contributed by atoms with E-state index in [0.717, 1.165) is 25.7 Å². The van der Waals surface area contributed by atoms with E-state index in [2.05, 4.69) is 10.6 Å². The van der Waals surface area contributed by atoms with Crippen molar-refractivity contribution in [3.05, 3.63) is 33.9 Å². The molecule has 0 saturated heterocycles. The molecule has 8 heteroatoms. The topological polar surface area (TPSA) is 105 Å². The van der Waals surface area contributed by atoms with Crippen molar-refractivity contribution >= 4 is 23.2 Å². The molecule has 29 heavy (non-hydrogen) atoms. The lowest BCUT2D eigenvalue weighted by Gasteiger charge is -2.33. The second-order valence-electron chi connectivity index (χ2n) is 8.40. The van der Waals surface area contributed by atoms with Gasteiger partial charge in [-0.2, -0.15) is 0 Å². The van der Waals surface area contributed by atoms with Crippen LogP contribution in [-0.2, 0) is 4.79 Å². The summed E-state index contributed by atoms with van der Waals surface area (Å²) < 4.78 is 0. The summed E-state index contributed by atoms with van der Waals surface area (Å²) in [5.74, 6) is -0.225. The minimum Gasteiger partial charge on any atom is -0.383 e. The number of nitro benzene ring substituents is 1. The van der Waals surface area contributed by atoms with E-state index < -0.39 is 11.0 Å². The van der Waals surface area contributed by atoms with Crippen LogP contribution in [0.15, 0.2) is 18.2 Å². The molecular weight excluding hydrogens is 372 g/mol. The first-order valence-electron chi connectivity index (χ1n) is 10.5. The van der Waals surface area contributed by atoms with Gasteiger partial charge in [0, 0.05) is 37.0 Å². The Bertz CT molecular complexity index is 774. The predicted molar refractivity (Wildman–Crippen MR) is 111 cm³/mol. The van der Waals surface area contributed by atoms with Crippen LogP contribution in [0.3, 0.4) is 0 Å². The van der Waals surface area contributed by atoms with Crippen LogP contribution in [-0.4, -0.2) is 46.8 Å². The largest absolute Gasteiger partial charge is 0.383 e. The number of hydrogen-bond donors (Lipinski definition) is 2. The molecule has 0 aromatic heterocycles. The maximum Gasteiger partial charge on any atom is 0.270 e. The molecule has 1 aromatic carbocycles. The van der Waals surface area contributed by atoms with Gasteiger partial charge >= 0.3 is 0 Å². The molecule has 1 atom stereocenters. The predicted octanol–water partition coefficient (Wildman–Crippen LogP) is 3.33. The third kappa shape index (κ3) is 5.05. The molecule has 2 aliphatic rings. The first-order valence-corrected chi connectivity index (χ1v) is 10.5. The minimum atomic E-state index is -0.587. The van der Waals surface area contributed by atoms with Crippen LogP contribution in [0.4, 0.5) is 11.4 Å². The van der Waals surface area contributed by atoms with Crippen LogP contribution < -0.4 is 10.6 Å². The molecule has 1 fully saturated rings. The Morgan fingerprint density at radius 2 is 2.03 bits per heavy atom. The number of carbonyl (C=O) groups is 2. The smallest absolute Gasteiger partial charge is 0.270 e. The lowest BCUT2D eigenvalue weighted by molar-refractivity contribution is -0.384. The van der Waals surface area contributed by atoms with Gasteiger partial charge in [0.1, 0.15) is 6.04 Å². The van der Waals surface area contributed by atoms with E-state index in [9.17, 15) is 19.7 Å². The normalized spacial score (nSPS) is 18.6. The zero-order valence-corrected chi connectivity index (χ0v) is 17.1. The Kier molecular flexibility index (Phi) is 6.71. The quantitative estimate of drug-likeness (QED) is 0.561. The maximum atomic E-state index is 13.3. The van der Waals surface area contributed by atoms with Crippen molar-refractivity contribution < 1.29 is 14.5 Å². The number of hydrogen-bond acceptors (Lipinski definition) is 5. The van der Waals surface area contributed by atoms with Gasteiger partial charge in [0.2, 0.25) is 5.91 Å². The molecule has 1 saturated carbocycles. The molecule has 1 unspecified atom stereocenters. The van der Waals surface area contributed by atoms with Crippen LogP contribution in [0.5, 0.6) is 0 Å². The number of anilines is 1. The van der Waals surface area contributed by atoms with E-state index >= 15 is 0 Å². The zero-order chi connectivity index (χ0) is 21.0. The molecule has 0 spiro atoms. The van der Waals surface area contributed by atoms with Gasteiger partial charge in [-0.15, -0.1) is 0 Å². The van der Waals surface area contributed by atoms with Crippen molar-refractivity contribution in [2.45, 2.75) is 64.5 Å². The number of fused-ring (bicyclic) bond motifs is 1. The van der Waals surface area contributed by atoms with E-state index in [-0.39, 0.29) is 35.0 Å². The lowest BCUT2D eigenvalue weighted by Crippen LogP contribution is -2.53. The van der Waals surface area contributed by atoms with Gasteiger partial charge in [-0.1, -0.05) is 33.1 Å². The van der Waals surface area contributed by atoms with Crippen LogP contribution in [0, 0.1) is 16.0 Å². The Morgan fingerprint density at radius 1 is 1.31 bits per heavy atom. The summed E-state index contributed by atoms with van der Waals surface area (Å²) in [5, 5.41) is 17.5. The van der Waals surface area contributed by atoms with Crippen molar-refractivity contribution in [1.82, 2.24) is 10.2 Å². The molecule has 1 heterocycles. The molecule has 2 N–H and O–H groups in total. The summed E-state index contributed by atoms with van der Waals surface area (Å²) in [4.78, 5) is 38.7. The first-order chi connectivity index (χ1) is 13.9. The lowest BCUT2D eigenvalue weighted by atomic mass is 9.94. The Hall–Kier alpha value is -2.64. The molecule has 8 nitrogen and oxygen atoms in total. The molecule has 0 bridgehead atoms. The highest BCUT2D eigenvalue weighted by Gasteiger charge is 2.35. The van der Waals surface area contributed by atoms with Crippen molar-refractivity contribution in [2.75, 3.05) is 18.4 Å². The third-order valence-corrected chi connectivity index (χ3v) is 5.70. The molecule has 1 aliphatic heterocycles. The number of carbonyl (C=O) groups excluding carboxylic acids is 2. The van der Waals surface area contributed by atoms with Gasteiger partial charge in [0.25, 0.3) is 11.6 Å². The van der Waals surface area contributed by atoms with Crippen LogP contribution >= 0.6 is 0 Å². The highest BCUT2D eigenvalue weighted by atomic mass is 16.6. The maximum absolute atomic E-state index is 13.3. The van der Waals surface area contributed by atoms with Gasteiger partial charge < -0.3 is 15.5 Å². The number of nitro groups is 1. The summed E-state index contributed by atoms with van der Waals surface area (Å²) in [7, 11) is 0. The van der Waals surface area contributed by atoms with Crippen molar-refractivity contribution in [1.29, 1.82) is 0 Å². The zero-order valence-electron chi connectivity index (χ0n) is 17.1. The Morgan fingerprint density at radius 3 is 2.69 bits per heavy atom. The molecule has 1 aromatic rings. The molecule has 1 aliphatic carbocycles. The highest BCUT2D eigenvalue weighted by Crippen LogP contribution is 2.27. The Balaban J connectivity index is 1.86. The first kappa shape index (κ1) is 21.1. The number of nitrogens with zero attached hydrogens (tertiary/aromatic N) is 2. The summed E-state index contributed by atoms with van der Waals surface area (Å²) in [5.41, 5.74) is 0.683. The van der Waals surface area contributed by atoms with E-state index in [1.807, 2.05) is 13.8 Å². The summed E-state index contributed by atoms with van der Waals surface area (Å²) in [6.07, 6.45) is 5.93. The highest BCUT2D eigenvalue weighted by molar-refractivity contribution is 6.03. The third-order valence-electron chi connectivity index (χ3n) is 5.70. The van der Waals surface area contributed by atoms with Crippen LogP contribution in [0.2, 0.25) is 0 Å². The number of non-ortho nitro benzene ring substituents is 1. The molecule has 0 radical (unpaired) electrons. The number of rotatable bonds is 6. The van der Waals surface area contributed by atoms with E-state index in [1.54, 1.807) is 11.0 Å². The monoisotopic (exact) mass is 402 g/mol. The summed E-state index contributed by atoms with van der Waals surface area (Å²) in [6, 6.07) is 3.83. The van der Waals surface area contributed by atoms with Gasteiger partial charge in [0.05, 0.1) is 10.5 Å². The number of amides is 2. The van der Waals surface area contributed by atoms with Gasteiger partial charge in [0.15, 0.2) is 0 Å². The van der Waals surface area contributed by atoms with Gasteiger partial charge in [-0.3, -0.25) is 19.7 Å². The van der Waals surface area contributed by atoms with E-state index in [0.29, 0.717) is 25.2 Å². The Labute approximate surface area is 171 Å². The number of nitrogens with one attached hydrogen (secondary N) is 2. The van der Waals surface area contributed by atoms with Crippen molar-refractivity contribution in [3.8, 4) is 0 Å². The average Bonchev–Trinajstić information content (AvgIpc) is 2.85. The van der Waals surface area contributed by atoms with Crippen LogP contribution in [0.25, 0.3) is 0 Å². The molecular formula is C21H30N4O4. The minimum absolute atomic E-state index is 0.118. The van der Waals surface area contributed by atoms with E-state index in [4.69, 9.17) is 0 Å². The second-order valence-corrected chi connectivity index (χ2v) is 8.40. The number of benzene rings is 1.